The molecule has 3 heteroatoms. The predicted octanol–water partition coefficient (Wildman–Crippen LogP) is 3.51. The molecular weight excluding hydrogens is 260 g/mol. The zero-order chi connectivity index (χ0) is 15.8. The van der Waals surface area contributed by atoms with Crippen LogP contribution in [0.1, 0.15) is 52.1 Å². The Kier molecular flexibility index (Phi) is 7.44. The van der Waals surface area contributed by atoms with E-state index < -0.39 is 0 Å². The van der Waals surface area contributed by atoms with Gasteiger partial charge in [-0.05, 0) is 29.7 Å². The number of nitrogens with one attached hydrogen (secondary N) is 1. The van der Waals surface area contributed by atoms with Gasteiger partial charge in [0.2, 0.25) is 5.91 Å². The number of carbonyl (C=O) groups is 1. The first-order chi connectivity index (χ1) is 9.91. The lowest BCUT2D eigenvalue weighted by molar-refractivity contribution is -0.121. The lowest BCUT2D eigenvalue weighted by Crippen LogP contribution is -2.34. The molecule has 1 rings (SSSR count). The molecule has 0 bridgehead atoms. The second kappa shape index (κ2) is 8.83. The van der Waals surface area contributed by atoms with Crippen molar-refractivity contribution >= 4 is 5.91 Å². The second-order valence-corrected chi connectivity index (χ2v) is 6.51. The molecule has 0 saturated heterocycles. The Balaban J connectivity index is 2.34. The van der Waals surface area contributed by atoms with Crippen LogP contribution in [0.3, 0.4) is 0 Å². The molecule has 1 atom stereocenters. The smallest absolute Gasteiger partial charge is 0.220 e. The Bertz CT molecular complexity index is 406. The zero-order valence-corrected chi connectivity index (χ0v) is 13.8. The molecule has 0 aliphatic rings. The average molecular weight is 290 g/mol. The van der Waals surface area contributed by atoms with Crippen molar-refractivity contribution in [3.8, 4) is 0 Å². The van der Waals surface area contributed by atoms with E-state index in [0.29, 0.717) is 30.6 Å². The molecule has 0 radical (unpaired) electrons. The quantitative estimate of drug-likeness (QED) is 0.769. The molecular formula is C18H30N2O. The fourth-order valence-electron chi connectivity index (χ4n) is 2.71. The van der Waals surface area contributed by atoms with Gasteiger partial charge in [-0.15, -0.1) is 0 Å². The van der Waals surface area contributed by atoms with Gasteiger partial charge in [-0.1, -0.05) is 58.0 Å². The third-order valence-corrected chi connectivity index (χ3v) is 4.16. The highest BCUT2D eigenvalue weighted by molar-refractivity contribution is 5.75. The SMILES string of the molecule is CC(C)C(CNC(=O)CCC(N)c1ccccc1)C(C)C. The molecule has 21 heavy (non-hydrogen) atoms. The van der Waals surface area contributed by atoms with E-state index in [9.17, 15) is 4.79 Å². The highest BCUT2D eigenvalue weighted by atomic mass is 16.1. The van der Waals surface area contributed by atoms with Gasteiger partial charge < -0.3 is 11.1 Å². The average Bonchev–Trinajstić information content (AvgIpc) is 2.45. The van der Waals surface area contributed by atoms with Gasteiger partial charge in [-0.3, -0.25) is 4.79 Å². The van der Waals surface area contributed by atoms with Crippen molar-refractivity contribution in [2.24, 2.45) is 23.5 Å². The fraction of sp³-hybridized carbons (Fsp3) is 0.611. The van der Waals surface area contributed by atoms with Crippen molar-refractivity contribution in [1.29, 1.82) is 0 Å². The van der Waals surface area contributed by atoms with Gasteiger partial charge in [-0.2, -0.15) is 0 Å². The van der Waals surface area contributed by atoms with Gasteiger partial charge in [-0.25, -0.2) is 0 Å². The highest BCUT2D eigenvalue weighted by Gasteiger charge is 2.18. The standard InChI is InChI=1S/C18H30N2O/c1-13(2)16(14(3)4)12-20-18(21)11-10-17(19)15-8-6-5-7-9-15/h5-9,13-14,16-17H,10-12,19H2,1-4H3,(H,20,21). The minimum absolute atomic E-state index is 0.0667. The van der Waals surface area contributed by atoms with Crippen molar-refractivity contribution in [2.75, 3.05) is 6.54 Å². The molecule has 3 nitrogen and oxygen atoms in total. The van der Waals surface area contributed by atoms with Crippen LogP contribution in [0.4, 0.5) is 0 Å². The van der Waals surface area contributed by atoms with Crippen LogP contribution in [0.25, 0.3) is 0 Å². The number of benzene rings is 1. The number of nitrogens with two attached hydrogens (primary N) is 1. The van der Waals surface area contributed by atoms with E-state index in [2.05, 4.69) is 33.0 Å². The summed E-state index contributed by atoms with van der Waals surface area (Å²) >= 11 is 0. The minimum Gasteiger partial charge on any atom is -0.356 e. The molecule has 0 fully saturated rings. The Hall–Kier alpha value is -1.35. The summed E-state index contributed by atoms with van der Waals surface area (Å²) in [6, 6.07) is 9.88. The third-order valence-electron chi connectivity index (χ3n) is 4.16. The predicted molar refractivity (Wildman–Crippen MR) is 88.8 cm³/mol. The third kappa shape index (κ3) is 6.30. The number of hydrogen-bond acceptors (Lipinski definition) is 2. The Morgan fingerprint density at radius 1 is 1.10 bits per heavy atom. The molecule has 0 aromatic heterocycles. The van der Waals surface area contributed by atoms with Gasteiger partial charge in [0.05, 0.1) is 0 Å². The van der Waals surface area contributed by atoms with E-state index in [1.165, 1.54) is 0 Å². The number of carbonyl (C=O) groups excluding carboxylic acids is 1. The number of rotatable bonds is 8. The molecule has 118 valence electrons. The summed E-state index contributed by atoms with van der Waals surface area (Å²) in [7, 11) is 0. The number of hydrogen-bond donors (Lipinski definition) is 2. The van der Waals surface area contributed by atoms with Gasteiger partial charge in [0, 0.05) is 19.0 Å². The van der Waals surface area contributed by atoms with Crippen LogP contribution >= 0.6 is 0 Å². The van der Waals surface area contributed by atoms with Crippen LogP contribution in [0.5, 0.6) is 0 Å². The molecule has 0 aliphatic carbocycles. The van der Waals surface area contributed by atoms with Gasteiger partial charge in [0.15, 0.2) is 0 Å². The summed E-state index contributed by atoms with van der Waals surface area (Å²) in [5.74, 6) is 1.79. The van der Waals surface area contributed by atoms with Crippen LogP contribution < -0.4 is 11.1 Å². The molecule has 1 unspecified atom stereocenters. The maximum Gasteiger partial charge on any atom is 0.220 e. The van der Waals surface area contributed by atoms with Crippen molar-refractivity contribution < 1.29 is 4.79 Å². The number of amides is 1. The Morgan fingerprint density at radius 2 is 1.67 bits per heavy atom. The van der Waals surface area contributed by atoms with Gasteiger partial charge >= 0.3 is 0 Å². The van der Waals surface area contributed by atoms with Crippen LogP contribution in [0.15, 0.2) is 30.3 Å². The summed E-state index contributed by atoms with van der Waals surface area (Å²) in [5.41, 5.74) is 7.21. The minimum atomic E-state index is -0.0667. The molecule has 0 spiro atoms. The maximum absolute atomic E-state index is 12.0. The molecule has 1 amide bonds. The summed E-state index contributed by atoms with van der Waals surface area (Å²) in [5, 5.41) is 3.06. The fourth-order valence-corrected chi connectivity index (χ4v) is 2.71. The first-order valence-electron chi connectivity index (χ1n) is 7.99. The van der Waals surface area contributed by atoms with Crippen LogP contribution in [0, 0.1) is 17.8 Å². The van der Waals surface area contributed by atoms with E-state index in [-0.39, 0.29) is 11.9 Å². The van der Waals surface area contributed by atoms with E-state index >= 15 is 0 Å². The molecule has 1 aromatic carbocycles. The van der Waals surface area contributed by atoms with Crippen LogP contribution in [0.2, 0.25) is 0 Å². The summed E-state index contributed by atoms with van der Waals surface area (Å²) in [4.78, 5) is 12.0. The summed E-state index contributed by atoms with van der Waals surface area (Å²) in [6.45, 7) is 9.60. The van der Waals surface area contributed by atoms with E-state index in [0.717, 1.165) is 12.1 Å². The van der Waals surface area contributed by atoms with Gasteiger partial charge in [0.25, 0.3) is 0 Å². The van der Waals surface area contributed by atoms with E-state index in [1.54, 1.807) is 0 Å². The topological polar surface area (TPSA) is 55.1 Å². The monoisotopic (exact) mass is 290 g/mol. The molecule has 3 N–H and O–H groups in total. The van der Waals surface area contributed by atoms with Crippen molar-refractivity contribution in [1.82, 2.24) is 5.32 Å². The maximum atomic E-state index is 12.0. The molecule has 0 aliphatic heterocycles. The normalized spacial score (nSPS) is 13.0. The Labute approximate surface area is 129 Å². The molecule has 0 saturated carbocycles. The molecule has 0 heterocycles. The lowest BCUT2D eigenvalue weighted by atomic mass is 9.85. The van der Waals surface area contributed by atoms with Crippen LogP contribution in [-0.4, -0.2) is 12.5 Å². The highest BCUT2D eigenvalue weighted by Crippen LogP contribution is 2.19. The summed E-state index contributed by atoms with van der Waals surface area (Å²) < 4.78 is 0. The Morgan fingerprint density at radius 3 is 2.19 bits per heavy atom. The van der Waals surface area contributed by atoms with E-state index in [4.69, 9.17) is 5.73 Å². The van der Waals surface area contributed by atoms with Crippen molar-refractivity contribution in [2.45, 2.75) is 46.6 Å². The van der Waals surface area contributed by atoms with Crippen molar-refractivity contribution in [3.05, 3.63) is 35.9 Å². The zero-order valence-electron chi connectivity index (χ0n) is 13.8. The molecule has 1 aromatic rings. The summed E-state index contributed by atoms with van der Waals surface area (Å²) in [6.07, 6.45) is 1.17. The van der Waals surface area contributed by atoms with Crippen LogP contribution in [-0.2, 0) is 4.79 Å². The second-order valence-electron chi connectivity index (χ2n) is 6.51. The van der Waals surface area contributed by atoms with Crippen molar-refractivity contribution in [3.63, 3.8) is 0 Å². The first-order valence-corrected chi connectivity index (χ1v) is 7.99. The van der Waals surface area contributed by atoms with Gasteiger partial charge in [0.1, 0.15) is 0 Å². The lowest BCUT2D eigenvalue weighted by Gasteiger charge is -2.25. The van der Waals surface area contributed by atoms with E-state index in [1.807, 2.05) is 30.3 Å². The largest absolute Gasteiger partial charge is 0.356 e. The first kappa shape index (κ1) is 17.7.